The number of phenolic OH excluding ortho intramolecular Hbond substituents is 1. The Morgan fingerprint density at radius 2 is 2.10 bits per heavy atom. The minimum Gasteiger partial charge on any atom is -0.507 e. The highest BCUT2D eigenvalue weighted by Gasteiger charge is 2.20. The average Bonchev–Trinajstić information content (AvgIpc) is 2.87. The minimum atomic E-state index is 0.230. The zero-order valence-corrected chi connectivity index (χ0v) is 11.8. The molecule has 5 heteroatoms. The number of rotatable bonds is 4. The van der Waals surface area contributed by atoms with Crippen LogP contribution in [0.3, 0.4) is 0 Å². The predicted molar refractivity (Wildman–Crippen MR) is 74.1 cm³/mol. The van der Waals surface area contributed by atoms with Gasteiger partial charge in [-0.25, -0.2) is 0 Å². The number of aromatic hydroxyl groups is 1. The van der Waals surface area contributed by atoms with E-state index in [4.69, 9.17) is 14.2 Å². The summed E-state index contributed by atoms with van der Waals surface area (Å²) in [6.45, 7) is 3.64. The molecule has 0 spiro atoms. The summed E-state index contributed by atoms with van der Waals surface area (Å²) in [6.07, 6.45) is 2.37. The Morgan fingerprint density at radius 1 is 1.30 bits per heavy atom. The molecule has 1 fully saturated rings. The lowest BCUT2D eigenvalue weighted by molar-refractivity contribution is 0.0411. The van der Waals surface area contributed by atoms with Gasteiger partial charge in [0.1, 0.15) is 5.75 Å². The van der Waals surface area contributed by atoms with Gasteiger partial charge in [-0.1, -0.05) is 0 Å². The molecule has 0 amide bonds. The Bertz CT molecular complexity index is 471. The molecule has 0 bridgehead atoms. The number of hydrogen-bond donors (Lipinski definition) is 1. The van der Waals surface area contributed by atoms with Gasteiger partial charge in [0.05, 0.1) is 6.61 Å². The molecule has 1 atom stereocenters. The fraction of sp³-hybridized carbons (Fsp3) is 0.600. The van der Waals surface area contributed by atoms with Crippen molar-refractivity contribution in [2.45, 2.75) is 19.4 Å². The van der Waals surface area contributed by atoms with Crippen LogP contribution < -0.4 is 9.47 Å². The Morgan fingerprint density at radius 3 is 2.85 bits per heavy atom. The SMILES string of the molecule is CN(Cc1cc2c(cc1O)OCO2)CC1CCCOC1. The quantitative estimate of drug-likeness (QED) is 0.913. The first kappa shape index (κ1) is 13.5. The summed E-state index contributed by atoms with van der Waals surface area (Å²) in [4.78, 5) is 2.22. The first-order valence-electron chi connectivity index (χ1n) is 7.10. The molecule has 0 saturated carbocycles. The average molecular weight is 279 g/mol. The van der Waals surface area contributed by atoms with Crippen LogP contribution in [0.1, 0.15) is 18.4 Å². The molecule has 2 aliphatic heterocycles. The van der Waals surface area contributed by atoms with Crippen molar-refractivity contribution in [3.63, 3.8) is 0 Å². The summed E-state index contributed by atoms with van der Waals surface area (Å²) in [6, 6.07) is 3.50. The van der Waals surface area contributed by atoms with Gasteiger partial charge < -0.3 is 24.2 Å². The number of phenols is 1. The van der Waals surface area contributed by atoms with E-state index in [1.54, 1.807) is 6.07 Å². The maximum absolute atomic E-state index is 10.0. The molecule has 3 rings (SSSR count). The zero-order chi connectivity index (χ0) is 13.9. The van der Waals surface area contributed by atoms with Crippen molar-refractivity contribution in [2.75, 3.05) is 33.6 Å². The highest BCUT2D eigenvalue weighted by atomic mass is 16.7. The standard InChI is InChI=1S/C15H21NO4/c1-16(7-11-3-2-4-18-9-11)8-12-5-14-15(6-13(12)17)20-10-19-14/h5-6,11,17H,2-4,7-10H2,1H3. The van der Waals surface area contributed by atoms with E-state index in [2.05, 4.69) is 11.9 Å². The third kappa shape index (κ3) is 2.99. The Labute approximate surface area is 119 Å². The minimum absolute atomic E-state index is 0.230. The Hall–Kier alpha value is -1.46. The van der Waals surface area contributed by atoms with Gasteiger partial charge >= 0.3 is 0 Å². The zero-order valence-electron chi connectivity index (χ0n) is 11.8. The molecule has 1 aromatic rings. The van der Waals surface area contributed by atoms with Crippen LogP contribution in [0.2, 0.25) is 0 Å². The molecule has 110 valence electrons. The van der Waals surface area contributed by atoms with Crippen molar-refractivity contribution in [3.05, 3.63) is 17.7 Å². The fourth-order valence-electron chi connectivity index (χ4n) is 2.85. The van der Waals surface area contributed by atoms with E-state index in [0.29, 0.717) is 24.0 Å². The van der Waals surface area contributed by atoms with Crippen LogP contribution in [-0.2, 0) is 11.3 Å². The predicted octanol–water partition coefficient (Wildman–Crippen LogP) is 1.98. The summed E-state index contributed by atoms with van der Waals surface area (Å²) < 4.78 is 16.1. The Kier molecular flexibility index (Phi) is 3.98. The van der Waals surface area contributed by atoms with Gasteiger partial charge in [-0.05, 0) is 31.9 Å². The highest BCUT2D eigenvalue weighted by Crippen LogP contribution is 2.38. The molecule has 1 saturated heterocycles. The molecule has 2 heterocycles. The second kappa shape index (κ2) is 5.89. The first-order valence-corrected chi connectivity index (χ1v) is 7.10. The van der Waals surface area contributed by atoms with Gasteiger partial charge in [-0.15, -0.1) is 0 Å². The second-order valence-electron chi connectivity index (χ2n) is 5.61. The van der Waals surface area contributed by atoms with Crippen molar-refractivity contribution < 1.29 is 19.3 Å². The maximum atomic E-state index is 10.0. The number of benzene rings is 1. The molecule has 0 aliphatic carbocycles. The molecular weight excluding hydrogens is 258 g/mol. The summed E-state index contributed by atoms with van der Waals surface area (Å²) in [5, 5.41) is 10.0. The number of ether oxygens (including phenoxy) is 3. The van der Waals surface area contributed by atoms with E-state index in [9.17, 15) is 5.11 Å². The van der Waals surface area contributed by atoms with Crippen molar-refractivity contribution in [1.29, 1.82) is 0 Å². The second-order valence-corrected chi connectivity index (χ2v) is 5.61. The molecule has 0 radical (unpaired) electrons. The van der Waals surface area contributed by atoms with Crippen molar-refractivity contribution in [1.82, 2.24) is 4.90 Å². The van der Waals surface area contributed by atoms with Crippen LogP contribution in [0.15, 0.2) is 12.1 Å². The van der Waals surface area contributed by atoms with Crippen LogP contribution in [0.4, 0.5) is 0 Å². The molecule has 5 nitrogen and oxygen atoms in total. The normalized spacial score (nSPS) is 21.4. The van der Waals surface area contributed by atoms with Crippen LogP contribution >= 0.6 is 0 Å². The molecule has 2 aliphatic rings. The number of fused-ring (bicyclic) bond motifs is 1. The lowest BCUT2D eigenvalue weighted by Gasteiger charge is -2.27. The summed E-state index contributed by atoms with van der Waals surface area (Å²) in [7, 11) is 2.07. The third-order valence-corrected chi connectivity index (χ3v) is 3.84. The van der Waals surface area contributed by atoms with E-state index >= 15 is 0 Å². The smallest absolute Gasteiger partial charge is 0.231 e. The van der Waals surface area contributed by atoms with E-state index in [-0.39, 0.29) is 12.5 Å². The van der Waals surface area contributed by atoms with Crippen molar-refractivity contribution >= 4 is 0 Å². The van der Waals surface area contributed by atoms with Gasteiger partial charge in [-0.2, -0.15) is 0 Å². The van der Waals surface area contributed by atoms with Crippen molar-refractivity contribution in [3.8, 4) is 17.2 Å². The molecule has 1 unspecified atom stereocenters. The van der Waals surface area contributed by atoms with Crippen LogP contribution in [0.5, 0.6) is 17.2 Å². The molecule has 1 aromatic carbocycles. The lowest BCUT2D eigenvalue weighted by Crippen LogP contribution is -2.30. The lowest BCUT2D eigenvalue weighted by atomic mass is 10.0. The third-order valence-electron chi connectivity index (χ3n) is 3.84. The van der Waals surface area contributed by atoms with E-state index in [0.717, 1.165) is 31.7 Å². The van der Waals surface area contributed by atoms with Crippen LogP contribution in [0, 0.1) is 5.92 Å². The first-order chi connectivity index (χ1) is 9.72. The van der Waals surface area contributed by atoms with Gasteiger partial charge in [0, 0.05) is 31.3 Å². The Balaban J connectivity index is 1.62. The van der Waals surface area contributed by atoms with E-state index in [1.165, 1.54) is 6.42 Å². The number of hydrogen-bond acceptors (Lipinski definition) is 5. The molecule has 20 heavy (non-hydrogen) atoms. The summed E-state index contributed by atoms with van der Waals surface area (Å²) >= 11 is 0. The summed E-state index contributed by atoms with van der Waals surface area (Å²) in [5.74, 6) is 2.19. The van der Waals surface area contributed by atoms with Gasteiger partial charge in [0.2, 0.25) is 6.79 Å². The monoisotopic (exact) mass is 279 g/mol. The molecule has 1 N–H and O–H groups in total. The summed E-state index contributed by atoms with van der Waals surface area (Å²) in [5.41, 5.74) is 0.869. The highest BCUT2D eigenvalue weighted by molar-refractivity contribution is 5.51. The van der Waals surface area contributed by atoms with Gasteiger partial charge in [-0.3, -0.25) is 0 Å². The fourth-order valence-corrected chi connectivity index (χ4v) is 2.85. The van der Waals surface area contributed by atoms with Gasteiger partial charge in [0.15, 0.2) is 11.5 Å². The van der Waals surface area contributed by atoms with Crippen LogP contribution in [-0.4, -0.2) is 43.6 Å². The van der Waals surface area contributed by atoms with Gasteiger partial charge in [0.25, 0.3) is 0 Å². The van der Waals surface area contributed by atoms with Crippen molar-refractivity contribution in [2.24, 2.45) is 5.92 Å². The maximum Gasteiger partial charge on any atom is 0.231 e. The van der Waals surface area contributed by atoms with E-state index < -0.39 is 0 Å². The largest absolute Gasteiger partial charge is 0.507 e. The topological polar surface area (TPSA) is 51.2 Å². The van der Waals surface area contributed by atoms with E-state index in [1.807, 2.05) is 6.07 Å². The van der Waals surface area contributed by atoms with Crippen LogP contribution in [0.25, 0.3) is 0 Å². The number of nitrogens with zero attached hydrogens (tertiary/aromatic N) is 1. The molecule has 0 aromatic heterocycles. The molecular formula is C15H21NO4.